The number of anilines is 1. The fraction of sp³-hybridized carbons (Fsp3) is 0.235. The first kappa shape index (κ1) is 13.3. The van der Waals surface area contributed by atoms with Crippen LogP contribution in [0.1, 0.15) is 23.1 Å². The van der Waals surface area contributed by atoms with E-state index in [0.717, 1.165) is 23.2 Å². The van der Waals surface area contributed by atoms with Crippen LogP contribution < -0.4 is 5.73 Å². The van der Waals surface area contributed by atoms with Gasteiger partial charge in [0.2, 0.25) is 0 Å². The predicted octanol–water partition coefficient (Wildman–Crippen LogP) is 3.32. The van der Waals surface area contributed by atoms with Crippen molar-refractivity contribution in [3.8, 4) is 0 Å². The number of nitrogen functional groups attached to an aromatic ring is 1. The van der Waals surface area contributed by atoms with Crippen LogP contribution in [-0.2, 0) is 17.6 Å². The van der Waals surface area contributed by atoms with Crippen LogP contribution in [-0.4, -0.2) is 5.78 Å². The summed E-state index contributed by atoms with van der Waals surface area (Å²) in [6.45, 7) is 1.97. The van der Waals surface area contributed by atoms with Crippen molar-refractivity contribution in [2.45, 2.75) is 26.2 Å². The van der Waals surface area contributed by atoms with Gasteiger partial charge in [0.1, 0.15) is 5.78 Å². The molecule has 0 spiro atoms. The lowest BCUT2D eigenvalue weighted by molar-refractivity contribution is -0.118. The third-order valence-electron chi connectivity index (χ3n) is 3.28. The van der Waals surface area contributed by atoms with Crippen molar-refractivity contribution in [2.75, 3.05) is 5.73 Å². The number of carbonyl (C=O) groups is 1. The Bertz CT molecular complexity index is 561. The highest BCUT2D eigenvalue weighted by molar-refractivity contribution is 5.81. The van der Waals surface area contributed by atoms with Crippen LogP contribution in [0.25, 0.3) is 0 Å². The number of benzene rings is 2. The molecule has 0 heterocycles. The fourth-order valence-corrected chi connectivity index (χ4v) is 2.04. The number of carbonyl (C=O) groups excluding carboxylic acids is 1. The lowest BCUT2D eigenvalue weighted by Crippen LogP contribution is -2.05. The SMILES string of the molecule is Cc1ccc(CC(=O)CCc2ccccc2)cc1N. The van der Waals surface area contributed by atoms with Crippen LogP contribution in [0.2, 0.25) is 0 Å². The number of ketones is 1. The smallest absolute Gasteiger partial charge is 0.137 e. The molecule has 0 aliphatic rings. The van der Waals surface area contributed by atoms with Gasteiger partial charge >= 0.3 is 0 Å². The Morgan fingerprint density at radius 2 is 1.79 bits per heavy atom. The molecule has 98 valence electrons. The predicted molar refractivity (Wildman–Crippen MR) is 79.1 cm³/mol. The number of aryl methyl sites for hydroxylation is 2. The number of hydrogen-bond acceptors (Lipinski definition) is 2. The van der Waals surface area contributed by atoms with Crippen molar-refractivity contribution in [1.82, 2.24) is 0 Å². The van der Waals surface area contributed by atoms with E-state index >= 15 is 0 Å². The summed E-state index contributed by atoms with van der Waals surface area (Å²) in [7, 11) is 0. The van der Waals surface area contributed by atoms with E-state index in [1.807, 2.05) is 43.3 Å². The molecule has 2 aromatic carbocycles. The summed E-state index contributed by atoms with van der Waals surface area (Å²) in [6.07, 6.45) is 1.86. The molecule has 0 radical (unpaired) electrons. The highest BCUT2D eigenvalue weighted by Crippen LogP contribution is 2.14. The topological polar surface area (TPSA) is 43.1 Å². The van der Waals surface area contributed by atoms with Crippen LogP contribution in [0.4, 0.5) is 5.69 Å². The van der Waals surface area contributed by atoms with Gasteiger partial charge in [0, 0.05) is 18.5 Å². The van der Waals surface area contributed by atoms with Crippen LogP contribution in [0, 0.1) is 6.92 Å². The van der Waals surface area contributed by atoms with E-state index in [1.54, 1.807) is 0 Å². The van der Waals surface area contributed by atoms with Crippen LogP contribution >= 0.6 is 0 Å². The quantitative estimate of drug-likeness (QED) is 0.831. The standard InChI is InChI=1S/C17H19NO/c1-13-7-8-15(12-17(13)18)11-16(19)10-9-14-5-3-2-4-6-14/h2-8,12H,9-11,18H2,1H3. The maximum Gasteiger partial charge on any atom is 0.137 e. The van der Waals surface area contributed by atoms with E-state index in [-0.39, 0.29) is 5.78 Å². The Hall–Kier alpha value is -2.09. The first-order valence-corrected chi connectivity index (χ1v) is 6.56. The minimum absolute atomic E-state index is 0.257. The number of Topliss-reactive ketones (excluding diaryl/α,β-unsaturated/α-hetero) is 1. The molecule has 0 amide bonds. The van der Waals surface area contributed by atoms with Crippen molar-refractivity contribution in [3.05, 3.63) is 65.2 Å². The Kier molecular flexibility index (Phi) is 4.35. The zero-order chi connectivity index (χ0) is 13.7. The lowest BCUT2D eigenvalue weighted by atomic mass is 10.0. The summed E-state index contributed by atoms with van der Waals surface area (Å²) < 4.78 is 0. The number of hydrogen-bond donors (Lipinski definition) is 1. The highest BCUT2D eigenvalue weighted by Gasteiger charge is 2.05. The lowest BCUT2D eigenvalue weighted by Gasteiger charge is -2.05. The molecular formula is C17H19NO. The molecule has 0 aliphatic heterocycles. The molecule has 0 saturated heterocycles. The minimum Gasteiger partial charge on any atom is -0.399 e. The average Bonchev–Trinajstić information content (AvgIpc) is 2.42. The minimum atomic E-state index is 0.257. The molecule has 0 unspecified atom stereocenters. The molecule has 2 aromatic rings. The Morgan fingerprint density at radius 1 is 1.05 bits per heavy atom. The van der Waals surface area contributed by atoms with Gasteiger partial charge in [-0.2, -0.15) is 0 Å². The van der Waals surface area contributed by atoms with Gasteiger partial charge in [0.15, 0.2) is 0 Å². The molecule has 2 N–H and O–H groups in total. The van der Waals surface area contributed by atoms with Crippen molar-refractivity contribution < 1.29 is 4.79 Å². The fourth-order valence-electron chi connectivity index (χ4n) is 2.04. The first-order chi connectivity index (χ1) is 9.15. The second kappa shape index (κ2) is 6.19. The summed E-state index contributed by atoms with van der Waals surface area (Å²) in [4.78, 5) is 11.9. The molecule has 2 nitrogen and oxygen atoms in total. The monoisotopic (exact) mass is 253 g/mol. The van der Waals surface area contributed by atoms with Gasteiger partial charge in [-0.3, -0.25) is 4.79 Å². The maximum absolute atomic E-state index is 11.9. The molecule has 0 atom stereocenters. The normalized spacial score (nSPS) is 10.4. The van der Waals surface area contributed by atoms with Gasteiger partial charge in [0.05, 0.1) is 0 Å². The van der Waals surface area contributed by atoms with Gasteiger partial charge < -0.3 is 5.73 Å². The second-order valence-corrected chi connectivity index (χ2v) is 4.89. The maximum atomic E-state index is 11.9. The summed E-state index contributed by atoms with van der Waals surface area (Å²) in [5, 5.41) is 0. The molecular weight excluding hydrogens is 234 g/mol. The Labute approximate surface area is 114 Å². The zero-order valence-electron chi connectivity index (χ0n) is 11.2. The summed E-state index contributed by atoms with van der Waals surface area (Å²) >= 11 is 0. The van der Waals surface area contributed by atoms with Crippen LogP contribution in [0.5, 0.6) is 0 Å². The number of nitrogens with two attached hydrogens (primary N) is 1. The molecule has 2 heteroatoms. The van der Waals surface area contributed by atoms with Crippen molar-refractivity contribution in [2.24, 2.45) is 0 Å². The summed E-state index contributed by atoms with van der Waals surface area (Å²) in [5.74, 6) is 0.257. The number of rotatable bonds is 5. The van der Waals surface area contributed by atoms with Crippen molar-refractivity contribution >= 4 is 11.5 Å². The second-order valence-electron chi connectivity index (χ2n) is 4.89. The van der Waals surface area contributed by atoms with Gasteiger partial charge in [-0.05, 0) is 36.1 Å². The molecule has 0 fully saturated rings. The van der Waals surface area contributed by atoms with E-state index in [4.69, 9.17) is 5.73 Å². The van der Waals surface area contributed by atoms with Gasteiger partial charge in [-0.1, -0.05) is 42.5 Å². The van der Waals surface area contributed by atoms with E-state index in [9.17, 15) is 4.79 Å². The zero-order valence-corrected chi connectivity index (χ0v) is 11.2. The summed E-state index contributed by atoms with van der Waals surface area (Å²) in [5.41, 5.74) is 9.87. The molecule has 0 aliphatic carbocycles. The molecule has 2 rings (SSSR count). The molecule has 0 aromatic heterocycles. The molecule has 0 saturated carbocycles. The van der Waals surface area contributed by atoms with Crippen molar-refractivity contribution in [1.29, 1.82) is 0 Å². The van der Waals surface area contributed by atoms with E-state index in [0.29, 0.717) is 12.8 Å². The first-order valence-electron chi connectivity index (χ1n) is 6.56. The van der Waals surface area contributed by atoms with Gasteiger partial charge in [-0.25, -0.2) is 0 Å². The van der Waals surface area contributed by atoms with E-state index < -0.39 is 0 Å². The van der Waals surface area contributed by atoms with Crippen LogP contribution in [0.15, 0.2) is 48.5 Å². The third-order valence-corrected chi connectivity index (χ3v) is 3.28. The Balaban J connectivity index is 1.89. The van der Waals surface area contributed by atoms with Crippen molar-refractivity contribution in [3.63, 3.8) is 0 Å². The summed E-state index contributed by atoms with van der Waals surface area (Å²) in [6, 6.07) is 15.9. The average molecular weight is 253 g/mol. The van der Waals surface area contributed by atoms with Crippen LogP contribution in [0.3, 0.4) is 0 Å². The van der Waals surface area contributed by atoms with E-state index in [2.05, 4.69) is 12.1 Å². The van der Waals surface area contributed by atoms with Gasteiger partial charge in [-0.15, -0.1) is 0 Å². The van der Waals surface area contributed by atoms with Gasteiger partial charge in [0.25, 0.3) is 0 Å². The Morgan fingerprint density at radius 3 is 2.47 bits per heavy atom. The molecule has 19 heavy (non-hydrogen) atoms. The third kappa shape index (κ3) is 3.95. The highest BCUT2D eigenvalue weighted by atomic mass is 16.1. The molecule has 0 bridgehead atoms. The largest absolute Gasteiger partial charge is 0.399 e. The van der Waals surface area contributed by atoms with E-state index in [1.165, 1.54) is 5.56 Å².